The smallest absolute Gasteiger partial charge is 0.273 e. The summed E-state index contributed by atoms with van der Waals surface area (Å²) >= 11 is 0. The zero-order valence-corrected chi connectivity index (χ0v) is 12.9. The quantitative estimate of drug-likeness (QED) is 0.693. The number of phenolic OH excluding ortho intramolecular Hbond substituents is 1. The summed E-state index contributed by atoms with van der Waals surface area (Å²) in [6.45, 7) is 2.06. The second-order valence-corrected chi connectivity index (χ2v) is 5.64. The van der Waals surface area contributed by atoms with Gasteiger partial charge in [-0.3, -0.25) is 15.0 Å². The fourth-order valence-electron chi connectivity index (χ4n) is 2.96. The molecule has 0 atom stereocenters. The number of phenols is 1. The van der Waals surface area contributed by atoms with E-state index in [9.17, 15) is 15.2 Å². The van der Waals surface area contributed by atoms with Crippen molar-refractivity contribution in [3.63, 3.8) is 0 Å². The average molecular weight is 314 g/mol. The summed E-state index contributed by atoms with van der Waals surface area (Å²) in [5.41, 5.74) is 3.03. The van der Waals surface area contributed by atoms with Gasteiger partial charge in [0, 0.05) is 31.3 Å². The molecule has 0 bridgehead atoms. The number of aromatic hydroxyl groups is 1. The highest BCUT2D eigenvalue weighted by Crippen LogP contribution is 2.35. The van der Waals surface area contributed by atoms with Gasteiger partial charge in [-0.05, 0) is 17.5 Å². The van der Waals surface area contributed by atoms with Crippen LogP contribution in [0.1, 0.15) is 16.7 Å². The second-order valence-electron chi connectivity index (χ2n) is 5.64. The molecule has 0 aromatic heterocycles. The van der Waals surface area contributed by atoms with Crippen LogP contribution in [0.15, 0.2) is 36.4 Å². The minimum Gasteiger partial charge on any atom is -0.504 e. The third-order valence-corrected chi connectivity index (χ3v) is 4.17. The number of nitro benzene ring substituents is 1. The van der Waals surface area contributed by atoms with Gasteiger partial charge < -0.3 is 9.84 Å². The standard InChI is InChI=1S/C17H18N2O4/c1-23-16-9-15(19(21)22)8-14(17(16)20)11-18-7-6-12-4-2-3-5-13(12)10-18/h2-5,8-9,20H,6-7,10-11H2,1H3. The lowest BCUT2D eigenvalue weighted by molar-refractivity contribution is -0.385. The van der Waals surface area contributed by atoms with Crippen LogP contribution >= 0.6 is 0 Å². The summed E-state index contributed by atoms with van der Waals surface area (Å²) in [5, 5.41) is 21.3. The minimum absolute atomic E-state index is 0.0306. The number of hydrogen-bond donors (Lipinski definition) is 1. The monoisotopic (exact) mass is 314 g/mol. The van der Waals surface area contributed by atoms with E-state index in [0.717, 1.165) is 19.5 Å². The molecule has 3 rings (SSSR count). The summed E-state index contributed by atoms with van der Waals surface area (Å²) < 4.78 is 5.05. The third-order valence-electron chi connectivity index (χ3n) is 4.17. The molecule has 6 heteroatoms. The summed E-state index contributed by atoms with van der Waals surface area (Å²) in [6.07, 6.45) is 0.934. The highest BCUT2D eigenvalue weighted by Gasteiger charge is 2.21. The molecule has 6 nitrogen and oxygen atoms in total. The van der Waals surface area contributed by atoms with Crippen LogP contribution in [0.25, 0.3) is 0 Å². The number of hydrogen-bond acceptors (Lipinski definition) is 5. The number of methoxy groups -OCH3 is 1. The number of rotatable bonds is 4. The largest absolute Gasteiger partial charge is 0.504 e. The predicted molar refractivity (Wildman–Crippen MR) is 85.6 cm³/mol. The van der Waals surface area contributed by atoms with Crippen LogP contribution in [0.3, 0.4) is 0 Å². The predicted octanol–water partition coefficient (Wildman–Crippen LogP) is 2.87. The molecule has 0 unspecified atom stereocenters. The fraction of sp³-hybridized carbons (Fsp3) is 0.294. The van der Waals surface area contributed by atoms with Crippen LogP contribution in [0.4, 0.5) is 5.69 Å². The highest BCUT2D eigenvalue weighted by molar-refractivity contribution is 5.53. The molecule has 1 heterocycles. The van der Waals surface area contributed by atoms with Crippen LogP contribution < -0.4 is 4.74 Å². The number of nitro groups is 1. The lowest BCUT2D eigenvalue weighted by Gasteiger charge is -2.29. The van der Waals surface area contributed by atoms with Gasteiger partial charge in [-0.2, -0.15) is 0 Å². The molecule has 0 saturated carbocycles. The fourth-order valence-corrected chi connectivity index (χ4v) is 2.96. The maximum Gasteiger partial charge on any atom is 0.273 e. The molecule has 0 radical (unpaired) electrons. The molecular formula is C17H18N2O4. The van der Waals surface area contributed by atoms with E-state index in [4.69, 9.17) is 4.74 Å². The Morgan fingerprint density at radius 3 is 2.74 bits per heavy atom. The van der Waals surface area contributed by atoms with Crippen LogP contribution in [-0.4, -0.2) is 28.6 Å². The average Bonchev–Trinajstić information content (AvgIpc) is 2.56. The molecule has 0 fully saturated rings. The lowest BCUT2D eigenvalue weighted by Crippen LogP contribution is -2.30. The van der Waals surface area contributed by atoms with E-state index >= 15 is 0 Å². The molecule has 0 spiro atoms. The number of fused-ring (bicyclic) bond motifs is 1. The Morgan fingerprint density at radius 2 is 2.04 bits per heavy atom. The Hall–Kier alpha value is -2.60. The first-order chi connectivity index (χ1) is 11.1. The topological polar surface area (TPSA) is 75.8 Å². The van der Waals surface area contributed by atoms with Crippen molar-refractivity contribution in [3.05, 3.63) is 63.2 Å². The second kappa shape index (κ2) is 6.26. The zero-order valence-electron chi connectivity index (χ0n) is 12.9. The number of ether oxygens (including phenoxy) is 1. The summed E-state index contributed by atoms with van der Waals surface area (Å²) in [4.78, 5) is 12.7. The molecule has 0 amide bonds. The normalized spacial score (nSPS) is 14.3. The van der Waals surface area contributed by atoms with E-state index in [1.54, 1.807) is 0 Å². The van der Waals surface area contributed by atoms with Crippen molar-refractivity contribution >= 4 is 5.69 Å². The third kappa shape index (κ3) is 3.12. The van der Waals surface area contributed by atoms with Crippen LogP contribution in [-0.2, 0) is 19.5 Å². The van der Waals surface area contributed by atoms with E-state index in [1.807, 2.05) is 12.1 Å². The van der Waals surface area contributed by atoms with Gasteiger partial charge in [0.25, 0.3) is 5.69 Å². The SMILES string of the molecule is COc1cc([N+](=O)[O-])cc(CN2CCc3ccccc3C2)c1O. The van der Waals surface area contributed by atoms with Gasteiger partial charge in [0.1, 0.15) is 0 Å². The van der Waals surface area contributed by atoms with E-state index in [-0.39, 0.29) is 17.2 Å². The molecule has 1 aliphatic heterocycles. The Bertz CT molecular complexity index is 745. The van der Waals surface area contributed by atoms with E-state index < -0.39 is 4.92 Å². The highest BCUT2D eigenvalue weighted by atomic mass is 16.6. The molecule has 120 valence electrons. The van der Waals surface area contributed by atoms with Crippen molar-refractivity contribution in [2.45, 2.75) is 19.5 Å². The molecule has 2 aromatic carbocycles. The van der Waals surface area contributed by atoms with Crippen LogP contribution in [0.2, 0.25) is 0 Å². The van der Waals surface area contributed by atoms with Crippen LogP contribution in [0.5, 0.6) is 11.5 Å². The van der Waals surface area contributed by atoms with Gasteiger partial charge in [0.2, 0.25) is 0 Å². The first-order valence-electron chi connectivity index (χ1n) is 7.42. The molecule has 1 aliphatic rings. The number of non-ortho nitro benzene ring substituents is 1. The van der Waals surface area contributed by atoms with Crippen molar-refractivity contribution in [1.82, 2.24) is 4.90 Å². The first kappa shape index (κ1) is 15.3. The van der Waals surface area contributed by atoms with Gasteiger partial charge in [-0.15, -0.1) is 0 Å². The number of nitrogens with zero attached hydrogens (tertiary/aromatic N) is 2. The van der Waals surface area contributed by atoms with Crippen LogP contribution in [0, 0.1) is 10.1 Å². The maximum atomic E-state index is 11.0. The Kier molecular flexibility index (Phi) is 4.16. The Morgan fingerprint density at radius 1 is 1.30 bits per heavy atom. The van der Waals surface area contributed by atoms with Crippen molar-refractivity contribution in [2.24, 2.45) is 0 Å². The van der Waals surface area contributed by atoms with Gasteiger partial charge >= 0.3 is 0 Å². The Balaban J connectivity index is 1.86. The summed E-state index contributed by atoms with van der Waals surface area (Å²) in [5.74, 6) is 0.101. The van der Waals surface area contributed by atoms with Gasteiger partial charge in [0.05, 0.1) is 18.1 Å². The lowest BCUT2D eigenvalue weighted by atomic mass is 9.99. The van der Waals surface area contributed by atoms with Crippen molar-refractivity contribution < 1.29 is 14.8 Å². The molecule has 0 aliphatic carbocycles. The van der Waals surface area contributed by atoms with Gasteiger partial charge in [-0.25, -0.2) is 0 Å². The maximum absolute atomic E-state index is 11.0. The molecule has 0 saturated heterocycles. The molecule has 1 N–H and O–H groups in total. The van der Waals surface area contributed by atoms with E-state index in [0.29, 0.717) is 12.1 Å². The molecule has 23 heavy (non-hydrogen) atoms. The van der Waals surface area contributed by atoms with Gasteiger partial charge in [0.15, 0.2) is 11.5 Å². The first-order valence-corrected chi connectivity index (χ1v) is 7.42. The minimum atomic E-state index is -0.475. The van der Waals surface area contributed by atoms with Crippen molar-refractivity contribution in [3.8, 4) is 11.5 Å². The Labute approximate surface area is 134 Å². The van der Waals surface area contributed by atoms with E-state index in [2.05, 4.69) is 17.0 Å². The molecule has 2 aromatic rings. The summed E-state index contributed by atoms with van der Waals surface area (Å²) in [6, 6.07) is 10.9. The number of benzene rings is 2. The molecular weight excluding hydrogens is 296 g/mol. The van der Waals surface area contributed by atoms with E-state index in [1.165, 1.54) is 30.4 Å². The van der Waals surface area contributed by atoms with Crippen molar-refractivity contribution in [1.29, 1.82) is 0 Å². The summed E-state index contributed by atoms with van der Waals surface area (Å²) in [7, 11) is 1.39. The van der Waals surface area contributed by atoms with Crippen molar-refractivity contribution in [2.75, 3.05) is 13.7 Å². The van der Waals surface area contributed by atoms with Gasteiger partial charge in [-0.1, -0.05) is 24.3 Å². The zero-order chi connectivity index (χ0) is 16.4.